The molecule has 0 atom stereocenters. The molecule has 5 nitrogen and oxygen atoms in total. The molecule has 2 heterocycles. The molecule has 3 N–H and O–H groups in total. The minimum atomic E-state index is -0.396. The lowest BCUT2D eigenvalue weighted by molar-refractivity contribution is 0.1000. The Bertz CT molecular complexity index is 519. The van der Waals surface area contributed by atoms with Gasteiger partial charge in [0.1, 0.15) is 5.82 Å². The fraction of sp³-hybridized carbons (Fsp3) is 0.600. The van der Waals surface area contributed by atoms with Gasteiger partial charge >= 0.3 is 0 Å². The zero-order valence-electron chi connectivity index (χ0n) is 12.8. The fourth-order valence-electron chi connectivity index (χ4n) is 2.81. The number of nitrogens with zero attached hydrogens (tertiary/aromatic N) is 2. The largest absolute Gasteiger partial charge is 0.365 e. The lowest BCUT2D eigenvalue weighted by atomic mass is 9.89. The lowest BCUT2D eigenvalue weighted by Gasteiger charge is -2.40. The van der Waals surface area contributed by atoms with Gasteiger partial charge in [-0.15, -0.1) is 0 Å². The van der Waals surface area contributed by atoms with Crippen molar-refractivity contribution in [3.63, 3.8) is 0 Å². The van der Waals surface area contributed by atoms with E-state index in [1.165, 1.54) is 0 Å². The van der Waals surface area contributed by atoms with Gasteiger partial charge in [-0.2, -0.15) is 0 Å². The maximum Gasteiger partial charge on any atom is 0.252 e. The Labute approximate surface area is 120 Å². The predicted molar refractivity (Wildman–Crippen MR) is 81.1 cm³/mol. The second-order valence-electron chi connectivity index (χ2n) is 5.94. The first kappa shape index (κ1) is 14.8. The van der Waals surface area contributed by atoms with E-state index in [-0.39, 0.29) is 5.54 Å². The molecule has 1 aromatic heterocycles. The summed E-state index contributed by atoms with van der Waals surface area (Å²) in [6.07, 6.45) is 2.05. The monoisotopic (exact) mass is 276 g/mol. The number of hydrogen-bond donors (Lipinski definition) is 2. The molecule has 1 aromatic rings. The molecule has 1 aliphatic rings. The van der Waals surface area contributed by atoms with Crippen LogP contribution in [0, 0.1) is 13.8 Å². The summed E-state index contributed by atoms with van der Waals surface area (Å²) in [7, 11) is 2.00. The van der Waals surface area contributed by atoms with E-state index in [9.17, 15) is 4.79 Å². The highest BCUT2D eigenvalue weighted by molar-refractivity contribution is 5.99. The normalized spacial score (nSPS) is 18.1. The number of carbonyl (C=O) groups is 1. The molecule has 110 valence electrons. The highest BCUT2D eigenvalue weighted by Gasteiger charge is 2.30. The maximum atomic E-state index is 11.7. The molecule has 0 saturated carbocycles. The second kappa shape index (κ2) is 5.40. The third-order valence-corrected chi connectivity index (χ3v) is 4.34. The van der Waals surface area contributed by atoms with Gasteiger partial charge in [0.05, 0.1) is 5.56 Å². The van der Waals surface area contributed by atoms with E-state index in [0.29, 0.717) is 5.56 Å². The van der Waals surface area contributed by atoms with Gasteiger partial charge in [-0.25, -0.2) is 4.98 Å². The highest BCUT2D eigenvalue weighted by atomic mass is 16.1. The third kappa shape index (κ3) is 2.77. The molecule has 1 aliphatic heterocycles. The third-order valence-electron chi connectivity index (χ3n) is 4.34. The van der Waals surface area contributed by atoms with Crippen LogP contribution in [0.1, 0.15) is 41.4 Å². The molecular formula is C15H24N4O. The predicted octanol–water partition coefficient (Wildman–Crippen LogP) is 1.38. The van der Waals surface area contributed by atoms with E-state index in [0.717, 1.165) is 43.0 Å². The summed E-state index contributed by atoms with van der Waals surface area (Å²) in [5, 5.41) is 3.37. The average Bonchev–Trinajstić information content (AvgIpc) is 2.38. The van der Waals surface area contributed by atoms with Crippen LogP contribution >= 0.6 is 0 Å². The quantitative estimate of drug-likeness (QED) is 0.875. The fourth-order valence-corrected chi connectivity index (χ4v) is 2.81. The molecule has 5 heteroatoms. The van der Waals surface area contributed by atoms with E-state index >= 15 is 0 Å². The highest BCUT2D eigenvalue weighted by Crippen LogP contribution is 2.28. The van der Waals surface area contributed by atoms with Crippen LogP contribution in [0.5, 0.6) is 0 Å². The summed E-state index contributed by atoms with van der Waals surface area (Å²) in [5.41, 5.74) is 8.09. The summed E-state index contributed by atoms with van der Waals surface area (Å²) in [6.45, 7) is 7.86. The van der Waals surface area contributed by atoms with Gasteiger partial charge in [0.15, 0.2) is 0 Å². The number of nitrogens with one attached hydrogen (secondary N) is 1. The molecule has 2 rings (SSSR count). The SMILES string of the molecule is CNC1(C)CCN(c2nc(C)cc(C)c2C(N)=O)CC1. The van der Waals surface area contributed by atoms with E-state index < -0.39 is 5.91 Å². The molecule has 0 radical (unpaired) electrons. The van der Waals surface area contributed by atoms with Gasteiger partial charge in [-0.1, -0.05) is 0 Å². The number of pyridine rings is 1. The topological polar surface area (TPSA) is 71.2 Å². The molecule has 20 heavy (non-hydrogen) atoms. The van der Waals surface area contributed by atoms with Gasteiger partial charge in [-0.3, -0.25) is 4.79 Å². The molecule has 0 unspecified atom stereocenters. The summed E-state index contributed by atoms with van der Waals surface area (Å²) in [6, 6.07) is 1.91. The Kier molecular flexibility index (Phi) is 3.99. The van der Waals surface area contributed by atoms with Crippen LogP contribution in [0.25, 0.3) is 0 Å². The van der Waals surface area contributed by atoms with Crippen molar-refractivity contribution in [2.24, 2.45) is 5.73 Å². The van der Waals surface area contributed by atoms with E-state index in [1.807, 2.05) is 27.0 Å². The maximum absolute atomic E-state index is 11.7. The molecular weight excluding hydrogens is 252 g/mol. The smallest absolute Gasteiger partial charge is 0.252 e. The molecule has 1 fully saturated rings. The van der Waals surface area contributed by atoms with Gasteiger partial charge in [0.2, 0.25) is 0 Å². The number of anilines is 1. The zero-order valence-corrected chi connectivity index (χ0v) is 12.8. The first-order valence-corrected chi connectivity index (χ1v) is 7.08. The minimum absolute atomic E-state index is 0.169. The number of aryl methyl sites for hydroxylation is 2. The van der Waals surface area contributed by atoms with E-state index in [4.69, 9.17) is 5.73 Å². The molecule has 0 bridgehead atoms. The van der Waals surface area contributed by atoms with Crippen LogP contribution in [0.15, 0.2) is 6.07 Å². The molecule has 0 aromatic carbocycles. The second-order valence-corrected chi connectivity index (χ2v) is 5.94. The van der Waals surface area contributed by atoms with Crippen LogP contribution in [0.4, 0.5) is 5.82 Å². The van der Waals surface area contributed by atoms with Gasteiger partial charge in [0, 0.05) is 24.3 Å². The molecule has 1 amide bonds. The van der Waals surface area contributed by atoms with Gasteiger partial charge in [0.25, 0.3) is 5.91 Å². The lowest BCUT2D eigenvalue weighted by Crippen LogP contribution is -2.50. The summed E-state index contributed by atoms with van der Waals surface area (Å²) < 4.78 is 0. The van der Waals surface area contributed by atoms with Crippen molar-refractivity contribution < 1.29 is 4.79 Å². The summed E-state index contributed by atoms with van der Waals surface area (Å²) in [5.74, 6) is 0.347. The van der Waals surface area contributed by atoms with Crippen LogP contribution in [0.2, 0.25) is 0 Å². The molecule has 0 aliphatic carbocycles. The first-order valence-electron chi connectivity index (χ1n) is 7.08. The van der Waals surface area contributed by atoms with Crippen LogP contribution in [0.3, 0.4) is 0 Å². The number of hydrogen-bond acceptors (Lipinski definition) is 4. The number of nitrogens with two attached hydrogens (primary N) is 1. The van der Waals surface area contributed by atoms with E-state index in [1.54, 1.807) is 0 Å². The van der Waals surface area contributed by atoms with Crippen molar-refractivity contribution in [3.05, 3.63) is 22.9 Å². The van der Waals surface area contributed by atoms with Crippen molar-refractivity contribution >= 4 is 11.7 Å². The van der Waals surface area contributed by atoms with Gasteiger partial charge < -0.3 is 16.0 Å². The Morgan fingerprint density at radius 1 is 1.40 bits per heavy atom. The summed E-state index contributed by atoms with van der Waals surface area (Å²) >= 11 is 0. The number of piperidine rings is 1. The van der Waals surface area contributed by atoms with Crippen LogP contribution < -0.4 is 16.0 Å². The number of aromatic nitrogens is 1. The van der Waals surface area contributed by atoms with Crippen molar-refractivity contribution in [1.29, 1.82) is 0 Å². The minimum Gasteiger partial charge on any atom is -0.365 e. The van der Waals surface area contributed by atoms with E-state index in [2.05, 4.69) is 22.1 Å². The average molecular weight is 276 g/mol. The number of carbonyl (C=O) groups excluding carboxylic acids is 1. The van der Waals surface area contributed by atoms with Crippen LogP contribution in [-0.4, -0.2) is 36.6 Å². The summed E-state index contributed by atoms with van der Waals surface area (Å²) in [4.78, 5) is 18.5. The number of primary amides is 1. The number of amides is 1. The zero-order chi connectivity index (χ0) is 14.9. The molecule has 0 spiro atoms. The molecule has 1 saturated heterocycles. The first-order chi connectivity index (χ1) is 9.36. The van der Waals surface area contributed by atoms with Crippen molar-refractivity contribution in [2.45, 2.75) is 39.2 Å². The Hall–Kier alpha value is -1.62. The van der Waals surface area contributed by atoms with Crippen molar-refractivity contribution in [1.82, 2.24) is 10.3 Å². The standard InChI is InChI=1S/C15H24N4O/c1-10-9-11(2)18-14(12(10)13(16)20)19-7-5-15(3,17-4)6-8-19/h9,17H,5-8H2,1-4H3,(H2,16,20). The van der Waals surface area contributed by atoms with Gasteiger partial charge in [-0.05, 0) is 52.3 Å². The van der Waals surface area contributed by atoms with Crippen molar-refractivity contribution in [2.75, 3.05) is 25.0 Å². The van der Waals surface area contributed by atoms with Crippen molar-refractivity contribution in [3.8, 4) is 0 Å². The Morgan fingerprint density at radius 3 is 2.50 bits per heavy atom. The van der Waals surface area contributed by atoms with Crippen LogP contribution in [-0.2, 0) is 0 Å². The Balaban J connectivity index is 2.32. The number of rotatable bonds is 3. The Morgan fingerprint density at radius 2 is 2.00 bits per heavy atom.